The Morgan fingerprint density at radius 2 is 1.28 bits per heavy atom. The number of piperidine rings is 1. The van der Waals surface area contributed by atoms with Crippen LogP contribution in [0.15, 0.2) is 72.8 Å². The molecular formula is C29H29F6NO3. The van der Waals surface area contributed by atoms with E-state index in [1.807, 2.05) is 0 Å². The predicted molar refractivity (Wildman–Crippen MR) is 134 cm³/mol. The van der Waals surface area contributed by atoms with Gasteiger partial charge >= 0.3 is 12.4 Å². The van der Waals surface area contributed by atoms with E-state index >= 15 is 0 Å². The molecule has 0 amide bonds. The van der Waals surface area contributed by atoms with E-state index < -0.39 is 23.5 Å². The van der Waals surface area contributed by atoms with E-state index in [4.69, 9.17) is 14.2 Å². The number of benzene rings is 3. The molecule has 1 fully saturated rings. The maximum atomic E-state index is 12.8. The van der Waals surface area contributed by atoms with Crippen LogP contribution < -0.4 is 9.47 Å². The second-order valence-electron chi connectivity index (χ2n) is 9.32. The van der Waals surface area contributed by atoms with E-state index in [1.54, 1.807) is 24.3 Å². The van der Waals surface area contributed by atoms with Gasteiger partial charge in [0.05, 0.1) is 30.4 Å². The minimum atomic E-state index is -4.41. The highest BCUT2D eigenvalue weighted by Crippen LogP contribution is 2.34. The molecule has 3 aromatic carbocycles. The van der Waals surface area contributed by atoms with Crippen LogP contribution in [0, 0.1) is 0 Å². The van der Waals surface area contributed by atoms with Crippen LogP contribution >= 0.6 is 0 Å². The summed E-state index contributed by atoms with van der Waals surface area (Å²) in [4.78, 5) is 2.31. The lowest BCUT2D eigenvalue weighted by Gasteiger charge is -2.31. The quantitative estimate of drug-likeness (QED) is 0.188. The number of ether oxygens (including phenoxy) is 3. The van der Waals surface area contributed by atoms with Crippen molar-refractivity contribution in [2.24, 2.45) is 0 Å². The standard InChI is InChI=1S/C29H29F6NO3/c30-28(31,32)22-8-6-21(7-9-22)20-38-24-14-17-36(18-15-24)16-3-19-37-26-4-1-2-5-27(26)39-25-12-10-23(11-13-25)29(33,34)35/h1-2,4-13,24H,3,14-20H2. The summed E-state index contributed by atoms with van der Waals surface area (Å²) < 4.78 is 94.0. The average Bonchev–Trinajstić information content (AvgIpc) is 2.91. The number of halogens is 6. The molecule has 0 spiro atoms. The first-order valence-electron chi connectivity index (χ1n) is 12.6. The lowest BCUT2D eigenvalue weighted by atomic mass is 10.1. The predicted octanol–water partition coefficient (Wildman–Crippen LogP) is 7.97. The summed E-state index contributed by atoms with van der Waals surface area (Å²) >= 11 is 0. The molecule has 39 heavy (non-hydrogen) atoms. The fraction of sp³-hybridized carbons (Fsp3) is 0.379. The smallest absolute Gasteiger partial charge is 0.416 e. The third kappa shape index (κ3) is 8.63. The molecule has 0 aromatic heterocycles. The van der Waals surface area contributed by atoms with Crippen LogP contribution in [0.1, 0.15) is 36.0 Å². The van der Waals surface area contributed by atoms with Gasteiger partial charge in [-0.25, -0.2) is 0 Å². The number of para-hydroxylation sites is 2. The number of likely N-dealkylation sites (tertiary alicyclic amines) is 1. The minimum Gasteiger partial charge on any atom is -0.490 e. The van der Waals surface area contributed by atoms with Crippen molar-refractivity contribution in [2.45, 2.75) is 44.3 Å². The van der Waals surface area contributed by atoms with Crippen LogP contribution in [0.2, 0.25) is 0 Å². The van der Waals surface area contributed by atoms with E-state index in [0.717, 1.165) is 63.2 Å². The van der Waals surface area contributed by atoms with E-state index in [-0.39, 0.29) is 18.5 Å². The van der Waals surface area contributed by atoms with Gasteiger partial charge in [0.2, 0.25) is 0 Å². The van der Waals surface area contributed by atoms with Crippen LogP contribution in [-0.4, -0.2) is 37.2 Å². The Morgan fingerprint density at radius 1 is 0.718 bits per heavy atom. The van der Waals surface area contributed by atoms with Gasteiger partial charge in [-0.05, 0) is 73.4 Å². The molecule has 0 unspecified atom stereocenters. The molecule has 10 heteroatoms. The van der Waals surface area contributed by atoms with E-state index in [9.17, 15) is 26.3 Å². The monoisotopic (exact) mass is 553 g/mol. The Hall–Kier alpha value is -3.24. The van der Waals surface area contributed by atoms with Crippen LogP contribution in [0.3, 0.4) is 0 Å². The molecule has 1 saturated heterocycles. The largest absolute Gasteiger partial charge is 0.490 e. The average molecular weight is 554 g/mol. The first-order valence-corrected chi connectivity index (χ1v) is 12.6. The van der Waals surface area contributed by atoms with Crippen molar-refractivity contribution in [3.63, 3.8) is 0 Å². The number of hydrogen-bond donors (Lipinski definition) is 0. The highest BCUT2D eigenvalue weighted by molar-refractivity contribution is 5.43. The SMILES string of the molecule is FC(F)(F)c1ccc(COC2CCN(CCCOc3ccccc3Oc3ccc(C(F)(F)F)cc3)CC2)cc1. The molecule has 0 radical (unpaired) electrons. The Bertz CT molecular complexity index is 1170. The maximum absolute atomic E-state index is 12.8. The summed E-state index contributed by atoms with van der Waals surface area (Å²) in [5.41, 5.74) is -0.696. The number of rotatable bonds is 10. The Morgan fingerprint density at radius 3 is 1.87 bits per heavy atom. The molecule has 3 aromatic rings. The molecule has 4 nitrogen and oxygen atoms in total. The Kier molecular flexibility index (Phi) is 9.40. The van der Waals surface area contributed by atoms with E-state index in [1.165, 1.54) is 24.3 Å². The number of nitrogens with zero attached hydrogens (tertiary/aromatic N) is 1. The van der Waals surface area contributed by atoms with Gasteiger partial charge in [0.25, 0.3) is 0 Å². The highest BCUT2D eigenvalue weighted by Gasteiger charge is 2.31. The van der Waals surface area contributed by atoms with Gasteiger partial charge in [-0.2, -0.15) is 26.3 Å². The topological polar surface area (TPSA) is 30.9 Å². The highest BCUT2D eigenvalue weighted by atomic mass is 19.4. The molecule has 1 heterocycles. The first kappa shape index (κ1) is 28.8. The molecule has 0 N–H and O–H groups in total. The van der Waals surface area contributed by atoms with Gasteiger partial charge < -0.3 is 19.1 Å². The summed E-state index contributed by atoms with van der Waals surface area (Å²) in [5, 5.41) is 0. The maximum Gasteiger partial charge on any atom is 0.416 e. The Labute approximate surface area is 223 Å². The van der Waals surface area contributed by atoms with Crippen molar-refractivity contribution in [1.29, 1.82) is 0 Å². The van der Waals surface area contributed by atoms with Gasteiger partial charge in [-0.1, -0.05) is 24.3 Å². The zero-order valence-corrected chi connectivity index (χ0v) is 21.1. The number of alkyl halides is 6. The first-order chi connectivity index (χ1) is 18.6. The zero-order chi connectivity index (χ0) is 27.9. The molecule has 4 rings (SSSR count). The normalized spacial score (nSPS) is 15.3. The van der Waals surface area contributed by atoms with Crippen molar-refractivity contribution in [3.8, 4) is 17.2 Å². The Balaban J connectivity index is 1.15. The van der Waals surface area contributed by atoms with Gasteiger partial charge in [0, 0.05) is 19.6 Å². The summed E-state index contributed by atoms with van der Waals surface area (Å²) in [7, 11) is 0. The zero-order valence-electron chi connectivity index (χ0n) is 21.1. The fourth-order valence-electron chi connectivity index (χ4n) is 4.27. The second-order valence-corrected chi connectivity index (χ2v) is 9.32. The minimum absolute atomic E-state index is 0.0639. The van der Waals surface area contributed by atoms with Gasteiger partial charge in [-0.3, -0.25) is 0 Å². The number of hydrogen-bond acceptors (Lipinski definition) is 4. The van der Waals surface area contributed by atoms with Crippen LogP contribution in [0.4, 0.5) is 26.3 Å². The van der Waals surface area contributed by atoms with E-state index in [0.29, 0.717) is 23.7 Å². The van der Waals surface area contributed by atoms with Crippen molar-refractivity contribution in [1.82, 2.24) is 4.90 Å². The lowest BCUT2D eigenvalue weighted by Crippen LogP contribution is -2.37. The molecular weight excluding hydrogens is 524 g/mol. The molecule has 0 saturated carbocycles. The summed E-state index contributed by atoms with van der Waals surface area (Å²) in [5.74, 6) is 1.21. The molecule has 1 aliphatic rings. The van der Waals surface area contributed by atoms with E-state index in [2.05, 4.69) is 4.90 Å². The van der Waals surface area contributed by atoms with Crippen LogP contribution in [0.5, 0.6) is 17.2 Å². The third-order valence-corrected chi connectivity index (χ3v) is 6.44. The molecule has 1 aliphatic heterocycles. The van der Waals surface area contributed by atoms with Gasteiger partial charge in [0.1, 0.15) is 5.75 Å². The summed E-state index contributed by atoms with van der Waals surface area (Å²) in [6.07, 6.45) is -6.24. The summed E-state index contributed by atoms with van der Waals surface area (Å²) in [6, 6.07) is 16.5. The van der Waals surface area contributed by atoms with Crippen molar-refractivity contribution in [2.75, 3.05) is 26.2 Å². The molecule has 0 atom stereocenters. The van der Waals surface area contributed by atoms with Crippen molar-refractivity contribution in [3.05, 3.63) is 89.5 Å². The molecule has 0 bridgehead atoms. The summed E-state index contributed by atoms with van der Waals surface area (Å²) in [6.45, 7) is 3.26. The molecule has 0 aliphatic carbocycles. The van der Waals surface area contributed by atoms with Crippen LogP contribution in [-0.2, 0) is 23.7 Å². The second kappa shape index (κ2) is 12.7. The van der Waals surface area contributed by atoms with Crippen molar-refractivity contribution >= 4 is 0 Å². The third-order valence-electron chi connectivity index (χ3n) is 6.44. The van der Waals surface area contributed by atoms with Gasteiger partial charge in [0.15, 0.2) is 11.5 Å². The fourth-order valence-corrected chi connectivity index (χ4v) is 4.27. The van der Waals surface area contributed by atoms with Crippen molar-refractivity contribution < 1.29 is 40.6 Å². The van der Waals surface area contributed by atoms with Gasteiger partial charge in [-0.15, -0.1) is 0 Å². The van der Waals surface area contributed by atoms with Crippen LogP contribution in [0.25, 0.3) is 0 Å². The lowest BCUT2D eigenvalue weighted by molar-refractivity contribution is -0.138. The molecule has 210 valence electrons.